The molecule has 2 atom stereocenters. The topological polar surface area (TPSA) is 126 Å². The van der Waals surface area contributed by atoms with E-state index in [0.717, 1.165) is 12.8 Å². The molecule has 34 heavy (non-hydrogen) atoms. The molecule has 8 nitrogen and oxygen atoms in total. The molecule has 0 aromatic heterocycles. The summed E-state index contributed by atoms with van der Waals surface area (Å²) in [7, 11) is 1.36. The number of aromatic hydroxyl groups is 3. The van der Waals surface area contributed by atoms with Gasteiger partial charge in [0.1, 0.15) is 34.5 Å². The van der Waals surface area contributed by atoms with Gasteiger partial charge in [0.05, 0.1) is 19.1 Å². The third-order valence-electron chi connectivity index (χ3n) is 6.67. The summed E-state index contributed by atoms with van der Waals surface area (Å²) < 4.78 is 17.5. The van der Waals surface area contributed by atoms with Gasteiger partial charge in [-0.3, -0.25) is 4.79 Å². The molecule has 0 fully saturated rings. The van der Waals surface area contributed by atoms with Crippen molar-refractivity contribution in [3.63, 3.8) is 0 Å². The molecular weight excluding hydrogens is 440 g/mol. The molecule has 0 saturated carbocycles. The molecule has 8 heteroatoms. The van der Waals surface area contributed by atoms with Gasteiger partial charge in [-0.05, 0) is 65.0 Å². The van der Waals surface area contributed by atoms with Crippen molar-refractivity contribution >= 4 is 5.78 Å². The van der Waals surface area contributed by atoms with Crippen molar-refractivity contribution in [2.75, 3.05) is 7.11 Å². The highest BCUT2D eigenvalue weighted by atomic mass is 16.5. The lowest BCUT2D eigenvalue weighted by Crippen LogP contribution is -2.37. The van der Waals surface area contributed by atoms with E-state index in [9.17, 15) is 25.2 Å². The highest BCUT2D eigenvalue weighted by molar-refractivity contribution is 6.03. The number of rotatable bonds is 6. The summed E-state index contributed by atoms with van der Waals surface area (Å²) in [5.74, 6) is -0.405. The van der Waals surface area contributed by atoms with Gasteiger partial charge in [0.2, 0.25) is 5.75 Å². The largest absolute Gasteiger partial charge is 0.507 e. The van der Waals surface area contributed by atoms with Gasteiger partial charge in [0, 0.05) is 17.2 Å². The highest BCUT2D eigenvalue weighted by Crippen LogP contribution is 2.49. The van der Waals surface area contributed by atoms with Crippen LogP contribution in [0.15, 0.2) is 18.2 Å². The van der Waals surface area contributed by atoms with Gasteiger partial charge in [-0.15, -0.1) is 0 Å². The number of carbonyl (C=O) groups excluding carboxylic acids is 1. The SMILES string of the molecule is COc1cc([C@@H]2CC(=O)c3c(cc4c(c3O)CCC(C)(CCCC(C)(C)O)O4)O2)cc(O)c1O. The highest BCUT2D eigenvalue weighted by Gasteiger charge is 2.38. The van der Waals surface area contributed by atoms with Crippen molar-refractivity contribution in [2.24, 2.45) is 0 Å². The van der Waals surface area contributed by atoms with Crippen molar-refractivity contribution in [1.29, 1.82) is 0 Å². The summed E-state index contributed by atoms with van der Waals surface area (Å²) >= 11 is 0. The van der Waals surface area contributed by atoms with E-state index in [2.05, 4.69) is 0 Å². The first kappa shape index (κ1) is 24.0. The van der Waals surface area contributed by atoms with E-state index in [1.165, 1.54) is 19.2 Å². The zero-order valence-corrected chi connectivity index (χ0v) is 20.0. The molecule has 2 aliphatic rings. The lowest BCUT2D eigenvalue weighted by atomic mass is 9.85. The second-order valence-electron chi connectivity index (χ2n) is 10.1. The predicted octanol–water partition coefficient (Wildman–Crippen LogP) is 4.54. The predicted molar refractivity (Wildman–Crippen MR) is 124 cm³/mol. The Morgan fingerprint density at radius 1 is 1.15 bits per heavy atom. The average Bonchev–Trinajstić information content (AvgIpc) is 2.73. The molecule has 1 unspecified atom stereocenters. The Hall–Kier alpha value is -3.13. The van der Waals surface area contributed by atoms with Crippen LogP contribution in [0.1, 0.15) is 80.5 Å². The minimum absolute atomic E-state index is 0.0395. The van der Waals surface area contributed by atoms with Crippen molar-refractivity contribution in [1.82, 2.24) is 0 Å². The molecule has 0 amide bonds. The molecule has 4 N–H and O–H groups in total. The quantitative estimate of drug-likeness (QED) is 0.452. The zero-order chi connectivity index (χ0) is 24.8. The van der Waals surface area contributed by atoms with Crippen LogP contribution in [0.5, 0.6) is 34.5 Å². The number of benzene rings is 2. The van der Waals surface area contributed by atoms with Crippen LogP contribution in [-0.4, -0.2) is 44.5 Å². The number of Topliss-reactive ketones (excluding diaryl/α,β-unsaturated/α-hetero) is 1. The summed E-state index contributed by atoms with van der Waals surface area (Å²) in [4.78, 5) is 13.0. The minimum Gasteiger partial charge on any atom is -0.507 e. The molecule has 2 aliphatic heterocycles. The van der Waals surface area contributed by atoms with Gasteiger partial charge in [-0.25, -0.2) is 0 Å². The van der Waals surface area contributed by atoms with Crippen LogP contribution in [0, 0.1) is 0 Å². The fourth-order valence-electron chi connectivity index (χ4n) is 4.74. The third kappa shape index (κ3) is 4.59. The van der Waals surface area contributed by atoms with Crippen LogP contribution in [0.2, 0.25) is 0 Å². The Kier molecular flexibility index (Phi) is 6.06. The molecule has 0 radical (unpaired) electrons. The van der Waals surface area contributed by atoms with Gasteiger partial charge >= 0.3 is 0 Å². The zero-order valence-electron chi connectivity index (χ0n) is 20.0. The number of fused-ring (bicyclic) bond motifs is 2. The van der Waals surface area contributed by atoms with E-state index in [1.807, 2.05) is 6.92 Å². The van der Waals surface area contributed by atoms with Gasteiger partial charge < -0.3 is 34.6 Å². The molecule has 0 bridgehead atoms. The van der Waals surface area contributed by atoms with Crippen LogP contribution in [-0.2, 0) is 6.42 Å². The number of ketones is 1. The van der Waals surface area contributed by atoms with Gasteiger partial charge in [-0.2, -0.15) is 0 Å². The van der Waals surface area contributed by atoms with E-state index in [0.29, 0.717) is 36.1 Å². The lowest BCUT2D eigenvalue weighted by Gasteiger charge is -2.38. The van der Waals surface area contributed by atoms with Crippen LogP contribution >= 0.6 is 0 Å². The second-order valence-corrected chi connectivity index (χ2v) is 10.1. The number of ether oxygens (including phenoxy) is 3. The fraction of sp³-hybridized carbons (Fsp3) is 0.500. The third-order valence-corrected chi connectivity index (χ3v) is 6.67. The van der Waals surface area contributed by atoms with Crippen LogP contribution in [0.3, 0.4) is 0 Å². The number of hydrogen-bond donors (Lipinski definition) is 4. The van der Waals surface area contributed by atoms with E-state index in [-0.39, 0.29) is 40.8 Å². The van der Waals surface area contributed by atoms with Crippen molar-refractivity contribution in [2.45, 2.75) is 76.6 Å². The average molecular weight is 473 g/mol. The van der Waals surface area contributed by atoms with E-state index in [4.69, 9.17) is 14.2 Å². The summed E-state index contributed by atoms with van der Waals surface area (Å²) in [5, 5.41) is 40.9. The van der Waals surface area contributed by atoms with E-state index >= 15 is 0 Å². The number of methoxy groups -OCH3 is 1. The monoisotopic (exact) mass is 472 g/mol. The smallest absolute Gasteiger partial charge is 0.200 e. The number of hydrogen-bond acceptors (Lipinski definition) is 8. The molecule has 4 rings (SSSR count). The van der Waals surface area contributed by atoms with Gasteiger partial charge in [0.25, 0.3) is 0 Å². The van der Waals surface area contributed by atoms with E-state index < -0.39 is 23.1 Å². The molecule has 184 valence electrons. The maximum absolute atomic E-state index is 13.0. The molecule has 2 aromatic carbocycles. The Labute approximate surface area is 198 Å². The van der Waals surface area contributed by atoms with Crippen molar-refractivity contribution in [3.8, 4) is 34.5 Å². The summed E-state index contributed by atoms with van der Waals surface area (Å²) in [6.07, 6.45) is 2.65. The molecule has 2 aromatic rings. The van der Waals surface area contributed by atoms with Crippen LogP contribution in [0.25, 0.3) is 0 Å². The molecule has 2 heterocycles. The number of phenols is 3. The summed E-state index contributed by atoms with van der Waals surface area (Å²) in [6, 6.07) is 4.49. The standard InChI is InChI=1S/C26H32O8/c1-25(2,31)7-5-8-26(3)9-6-15-19(34-26)13-20-22(23(15)29)16(27)12-18(33-20)14-10-17(28)24(30)21(11-14)32-4/h10-11,13,18,28-31H,5-9,12H2,1-4H3/t18-,26?/m0/s1. The first-order valence-electron chi connectivity index (χ1n) is 11.5. The lowest BCUT2D eigenvalue weighted by molar-refractivity contribution is 0.0328. The Morgan fingerprint density at radius 3 is 2.56 bits per heavy atom. The van der Waals surface area contributed by atoms with Crippen molar-refractivity contribution < 1.29 is 39.4 Å². The number of phenolic OH excluding ortho intramolecular Hbond substituents is 3. The van der Waals surface area contributed by atoms with Gasteiger partial charge in [-0.1, -0.05) is 0 Å². The second kappa shape index (κ2) is 8.58. The normalized spacial score (nSPS) is 21.8. The van der Waals surface area contributed by atoms with Gasteiger partial charge in [0.15, 0.2) is 17.3 Å². The summed E-state index contributed by atoms with van der Waals surface area (Å²) in [6.45, 7) is 5.58. The fourth-order valence-corrected chi connectivity index (χ4v) is 4.74. The molecule has 0 saturated heterocycles. The first-order valence-corrected chi connectivity index (χ1v) is 11.5. The van der Waals surface area contributed by atoms with Crippen LogP contribution < -0.4 is 14.2 Å². The molecule has 0 aliphatic carbocycles. The number of aliphatic hydroxyl groups is 1. The minimum atomic E-state index is -0.741. The van der Waals surface area contributed by atoms with E-state index in [1.54, 1.807) is 19.9 Å². The Morgan fingerprint density at radius 2 is 1.88 bits per heavy atom. The first-order chi connectivity index (χ1) is 15.9. The Balaban J connectivity index is 1.62. The maximum Gasteiger partial charge on any atom is 0.200 e. The molecule has 0 spiro atoms. The molecular formula is C26H32O8. The van der Waals surface area contributed by atoms with Crippen LogP contribution in [0.4, 0.5) is 0 Å². The maximum atomic E-state index is 13.0. The van der Waals surface area contributed by atoms with Crippen molar-refractivity contribution in [3.05, 3.63) is 34.9 Å². The number of carbonyl (C=O) groups is 1. The summed E-state index contributed by atoms with van der Waals surface area (Å²) in [5.41, 5.74) is -0.0138. The Bertz CT molecular complexity index is 1120.